The van der Waals surface area contributed by atoms with E-state index in [1.165, 1.54) is 6.92 Å². The summed E-state index contributed by atoms with van der Waals surface area (Å²) in [5.74, 6) is 0. The number of hydrogen-bond acceptors (Lipinski definition) is 7. The highest BCUT2D eigenvalue weighted by Gasteiger charge is 2.63. The summed E-state index contributed by atoms with van der Waals surface area (Å²) in [6, 6.07) is -0.539. The summed E-state index contributed by atoms with van der Waals surface area (Å²) >= 11 is 0. The molecule has 1 atom stereocenters. The van der Waals surface area contributed by atoms with Gasteiger partial charge in [0.15, 0.2) is 12.9 Å². The molecule has 9 nitrogen and oxygen atoms in total. The van der Waals surface area contributed by atoms with Crippen LogP contribution in [0.1, 0.15) is 30.0 Å². The molecule has 0 N–H and O–H groups in total. The van der Waals surface area contributed by atoms with Gasteiger partial charge in [0.05, 0.1) is 21.8 Å². The van der Waals surface area contributed by atoms with Gasteiger partial charge in [-0.25, -0.2) is 0 Å². The second kappa shape index (κ2) is 9.47. The summed E-state index contributed by atoms with van der Waals surface area (Å²) < 4.78 is 122. The fourth-order valence-corrected chi connectivity index (χ4v) is 3.32. The molecule has 1 aliphatic rings. The molecular formula is C19H13F9N6O3. The van der Waals surface area contributed by atoms with Crippen molar-refractivity contribution >= 4 is 5.71 Å². The standard InChI is InChI=1S/C19H13F9N6O3/c1-2-10(3-14(34(35)36)8-33-30-9-29-32-33)15-7-16(37-31-15,19(26,27)28)11-4-12(17(20,21)22)6-13(5-11)18(23,24)25/h2-6,9H,7-8H2,1H3/b10-2+,14-3+. The Labute approximate surface area is 200 Å². The van der Waals surface area contributed by atoms with Crippen molar-refractivity contribution in [3.8, 4) is 0 Å². The molecule has 2 heterocycles. The SMILES string of the molecule is C/C=C(\C=C(/Cn1ncnn1)[N+](=O)[O-])C1=NOC(c2cc(C(F)(F)F)cc(C(F)(F)F)c2)(C(F)(F)F)C1. The summed E-state index contributed by atoms with van der Waals surface area (Å²) in [4.78, 5) is 15.8. The van der Waals surface area contributed by atoms with E-state index in [0.717, 1.165) is 23.3 Å². The van der Waals surface area contributed by atoms with Gasteiger partial charge in [-0.05, 0) is 30.3 Å². The van der Waals surface area contributed by atoms with Crippen molar-refractivity contribution in [2.45, 2.75) is 44.0 Å². The molecule has 37 heavy (non-hydrogen) atoms. The molecular weight excluding hydrogens is 531 g/mol. The Morgan fingerprint density at radius 3 is 2.14 bits per heavy atom. The van der Waals surface area contributed by atoms with Gasteiger partial charge >= 0.3 is 18.5 Å². The number of allylic oxidation sites excluding steroid dienone is 4. The van der Waals surface area contributed by atoms with E-state index < -0.39 is 70.1 Å². The first-order valence-electron chi connectivity index (χ1n) is 9.82. The first-order chi connectivity index (χ1) is 17.0. The lowest BCUT2D eigenvalue weighted by Crippen LogP contribution is -2.43. The third kappa shape index (κ3) is 5.72. The first kappa shape index (κ1) is 27.6. The fourth-order valence-electron chi connectivity index (χ4n) is 3.32. The van der Waals surface area contributed by atoms with Gasteiger partial charge in [0.1, 0.15) is 0 Å². The highest BCUT2D eigenvalue weighted by Crippen LogP contribution is 2.51. The van der Waals surface area contributed by atoms with Crippen molar-refractivity contribution in [2.24, 2.45) is 5.16 Å². The average molecular weight is 544 g/mol. The molecule has 0 aliphatic carbocycles. The molecule has 3 rings (SSSR count). The van der Waals surface area contributed by atoms with Crippen LogP contribution in [0, 0.1) is 10.1 Å². The van der Waals surface area contributed by atoms with Crippen molar-refractivity contribution in [3.63, 3.8) is 0 Å². The number of benzene rings is 1. The van der Waals surface area contributed by atoms with E-state index in [4.69, 9.17) is 0 Å². The molecule has 0 bridgehead atoms. The smallest absolute Gasteiger partial charge is 0.374 e. The van der Waals surface area contributed by atoms with E-state index in [-0.39, 0.29) is 23.8 Å². The normalized spacial score (nSPS) is 19.6. The lowest BCUT2D eigenvalue weighted by Gasteiger charge is -2.30. The predicted octanol–water partition coefficient (Wildman–Crippen LogP) is 5.05. The summed E-state index contributed by atoms with van der Waals surface area (Å²) in [5, 5.41) is 25.0. The number of hydrogen-bond donors (Lipinski definition) is 0. The van der Waals surface area contributed by atoms with Gasteiger partial charge in [0, 0.05) is 23.6 Å². The molecule has 1 aromatic heterocycles. The van der Waals surface area contributed by atoms with Crippen LogP contribution in [0.15, 0.2) is 53.1 Å². The van der Waals surface area contributed by atoms with Crippen molar-refractivity contribution in [2.75, 3.05) is 0 Å². The molecule has 0 fully saturated rings. The van der Waals surface area contributed by atoms with E-state index in [0.29, 0.717) is 0 Å². The number of nitrogens with zero attached hydrogens (tertiary/aromatic N) is 6. The van der Waals surface area contributed by atoms with Crippen LogP contribution in [-0.4, -0.2) is 37.0 Å². The van der Waals surface area contributed by atoms with Gasteiger partial charge < -0.3 is 4.84 Å². The highest BCUT2D eigenvalue weighted by atomic mass is 19.4. The summed E-state index contributed by atoms with van der Waals surface area (Å²) in [7, 11) is 0. The maximum atomic E-state index is 14.2. The van der Waals surface area contributed by atoms with Crippen LogP contribution in [0.2, 0.25) is 0 Å². The zero-order valence-electron chi connectivity index (χ0n) is 18.2. The Balaban J connectivity index is 2.08. The molecule has 1 unspecified atom stereocenters. The second-order valence-corrected chi connectivity index (χ2v) is 7.53. The van der Waals surface area contributed by atoms with Crippen LogP contribution >= 0.6 is 0 Å². The maximum absolute atomic E-state index is 14.2. The van der Waals surface area contributed by atoms with Gasteiger partial charge in [0.2, 0.25) is 0 Å². The van der Waals surface area contributed by atoms with Crippen LogP contribution in [0.5, 0.6) is 0 Å². The van der Waals surface area contributed by atoms with Gasteiger partial charge in [-0.2, -0.15) is 44.3 Å². The highest BCUT2D eigenvalue weighted by molar-refractivity contribution is 6.03. The number of aromatic nitrogens is 4. The lowest BCUT2D eigenvalue weighted by molar-refractivity contribution is -0.429. The molecule has 1 aliphatic heterocycles. The summed E-state index contributed by atoms with van der Waals surface area (Å²) in [5.41, 5.74) is -10.8. The van der Waals surface area contributed by atoms with Gasteiger partial charge in [0.25, 0.3) is 11.3 Å². The third-order valence-electron chi connectivity index (χ3n) is 5.14. The van der Waals surface area contributed by atoms with E-state index in [1.807, 2.05) is 0 Å². The molecule has 0 spiro atoms. The number of oxime groups is 1. The summed E-state index contributed by atoms with van der Waals surface area (Å²) in [6.45, 7) is 0.685. The Hall–Kier alpha value is -3.99. The molecule has 0 radical (unpaired) electrons. The number of nitro groups is 1. The number of alkyl halides is 9. The van der Waals surface area contributed by atoms with E-state index >= 15 is 0 Å². The van der Waals surface area contributed by atoms with Crippen molar-refractivity contribution < 1.29 is 49.3 Å². The van der Waals surface area contributed by atoms with Crippen LogP contribution in [0.25, 0.3) is 0 Å². The van der Waals surface area contributed by atoms with Gasteiger partial charge in [-0.1, -0.05) is 11.2 Å². The minimum Gasteiger partial charge on any atom is -0.374 e. The monoisotopic (exact) mass is 544 g/mol. The zero-order valence-corrected chi connectivity index (χ0v) is 18.2. The number of halogens is 9. The fraction of sp³-hybridized carbons (Fsp3) is 0.368. The average Bonchev–Trinajstić information content (AvgIpc) is 3.45. The minimum absolute atomic E-state index is 0.106. The maximum Gasteiger partial charge on any atom is 0.435 e. The first-order valence-corrected chi connectivity index (χ1v) is 9.82. The van der Waals surface area contributed by atoms with E-state index in [9.17, 15) is 49.6 Å². The Kier molecular flexibility index (Phi) is 7.06. The molecule has 1 aromatic carbocycles. The molecule has 0 saturated carbocycles. The van der Waals surface area contributed by atoms with Gasteiger partial charge in [-0.3, -0.25) is 10.1 Å². The van der Waals surface area contributed by atoms with Gasteiger partial charge in [-0.15, -0.1) is 10.2 Å². The van der Waals surface area contributed by atoms with Crippen molar-refractivity contribution in [1.29, 1.82) is 0 Å². The lowest BCUT2D eigenvalue weighted by atomic mass is 9.84. The van der Waals surface area contributed by atoms with Crippen LogP contribution in [0.4, 0.5) is 39.5 Å². The Bertz CT molecular complexity index is 1230. The van der Waals surface area contributed by atoms with E-state index in [2.05, 4.69) is 25.4 Å². The second-order valence-electron chi connectivity index (χ2n) is 7.53. The molecule has 0 amide bonds. The molecule has 200 valence electrons. The topological polar surface area (TPSA) is 108 Å². The number of tetrazole rings is 1. The molecule has 0 saturated heterocycles. The van der Waals surface area contributed by atoms with Crippen LogP contribution < -0.4 is 0 Å². The Morgan fingerprint density at radius 1 is 1.11 bits per heavy atom. The minimum atomic E-state index is -5.55. The summed E-state index contributed by atoms with van der Waals surface area (Å²) in [6.07, 6.45) is -14.9. The van der Waals surface area contributed by atoms with Crippen LogP contribution in [-0.2, 0) is 29.3 Å². The third-order valence-corrected chi connectivity index (χ3v) is 5.14. The molecule has 2 aromatic rings. The largest absolute Gasteiger partial charge is 0.435 e. The van der Waals surface area contributed by atoms with Crippen LogP contribution in [0.3, 0.4) is 0 Å². The van der Waals surface area contributed by atoms with Crippen molar-refractivity contribution in [1.82, 2.24) is 20.2 Å². The number of rotatable bonds is 6. The quantitative estimate of drug-likeness (QED) is 0.218. The Morgan fingerprint density at radius 2 is 1.70 bits per heavy atom. The van der Waals surface area contributed by atoms with E-state index in [1.54, 1.807) is 0 Å². The predicted molar refractivity (Wildman–Crippen MR) is 104 cm³/mol. The van der Waals surface area contributed by atoms with Crippen molar-refractivity contribution in [3.05, 3.63) is 74.8 Å². The zero-order chi connectivity index (χ0) is 27.8. The molecule has 18 heteroatoms.